The number of pyridine rings is 1. The average Bonchev–Trinajstić information content (AvgIpc) is 2.92. The van der Waals surface area contributed by atoms with Gasteiger partial charge in [0.25, 0.3) is 0 Å². The van der Waals surface area contributed by atoms with Crippen molar-refractivity contribution < 1.29 is 32.5 Å². The lowest BCUT2D eigenvalue weighted by Gasteiger charge is -2.29. The molecule has 0 amide bonds. The van der Waals surface area contributed by atoms with E-state index < -0.39 is 21.4 Å². The summed E-state index contributed by atoms with van der Waals surface area (Å²) in [5, 5.41) is 9.77. The first kappa shape index (κ1) is 28.7. The zero-order chi connectivity index (χ0) is 27.2. The third-order valence-corrected chi connectivity index (χ3v) is 8.65. The molecule has 3 rings (SSSR count). The van der Waals surface area contributed by atoms with Crippen molar-refractivity contribution in [2.24, 2.45) is 0 Å². The van der Waals surface area contributed by atoms with Crippen LogP contribution in [0, 0.1) is 0 Å². The van der Waals surface area contributed by atoms with Gasteiger partial charge in [-0.25, -0.2) is 8.42 Å². The van der Waals surface area contributed by atoms with E-state index in [1.807, 2.05) is 0 Å². The van der Waals surface area contributed by atoms with Crippen LogP contribution in [0.25, 0.3) is 0 Å². The summed E-state index contributed by atoms with van der Waals surface area (Å²) in [6.45, 7) is 1.43. The molecular formula is C26H31BrN2O7S. The normalized spacial score (nSPS) is 13.2. The maximum Gasteiger partial charge on any atom is 0.220 e. The van der Waals surface area contributed by atoms with Gasteiger partial charge in [0.15, 0.2) is 0 Å². The van der Waals surface area contributed by atoms with Crippen molar-refractivity contribution in [1.82, 2.24) is 9.29 Å². The van der Waals surface area contributed by atoms with Crippen LogP contribution >= 0.6 is 15.9 Å². The summed E-state index contributed by atoms with van der Waals surface area (Å²) < 4.78 is 51.5. The fraction of sp³-hybridized carbons (Fsp3) is 0.346. The highest BCUT2D eigenvalue weighted by Gasteiger charge is 2.36. The molecule has 11 heteroatoms. The van der Waals surface area contributed by atoms with Crippen LogP contribution in [0.4, 0.5) is 0 Å². The Hall–Kier alpha value is -2.86. The number of methoxy groups -OCH3 is 4. The van der Waals surface area contributed by atoms with Crippen LogP contribution in [-0.2, 0) is 23.1 Å². The molecule has 0 aliphatic heterocycles. The highest BCUT2D eigenvalue weighted by atomic mass is 79.9. The Labute approximate surface area is 226 Å². The summed E-state index contributed by atoms with van der Waals surface area (Å²) in [6, 6.07) is 13.7. The van der Waals surface area contributed by atoms with Crippen LogP contribution < -0.4 is 18.9 Å². The van der Waals surface area contributed by atoms with E-state index in [0.29, 0.717) is 34.1 Å². The second kappa shape index (κ2) is 12.6. The van der Waals surface area contributed by atoms with Crippen molar-refractivity contribution in [3.63, 3.8) is 0 Å². The molecule has 3 aromatic rings. The molecule has 0 fully saturated rings. The SMILES string of the molecule is COc1ccc(CN(Cc2ccc(OC)cc2OC)S(=O)(=O)[C@H](C)[C@H](O)c2ccc(Br)cn2)c(OC)c1. The van der Waals surface area contributed by atoms with Crippen molar-refractivity contribution in [1.29, 1.82) is 0 Å². The molecule has 0 radical (unpaired) electrons. The van der Waals surface area contributed by atoms with Crippen LogP contribution in [0.2, 0.25) is 0 Å². The molecule has 9 nitrogen and oxygen atoms in total. The molecule has 0 aliphatic rings. The zero-order valence-corrected chi connectivity index (χ0v) is 23.7. The number of benzene rings is 2. The fourth-order valence-corrected chi connectivity index (χ4v) is 5.59. The van der Waals surface area contributed by atoms with Gasteiger partial charge in [-0.15, -0.1) is 0 Å². The van der Waals surface area contributed by atoms with E-state index in [4.69, 9.17) is 18.9 Å². The summed E-state index contributed by atoms with van der Waals surface area (Å²) in [4.78, 5) is 4.19. The van der Waals surface area contributed by atoms with E-state index in [-0.39, 0.29) is 18.8 Å². The molecular weight excluding hydrogens is 564 g/mol. The van der Waals surface area contributed by atoms with Crippen molar-refractivity contribution in [3.05, 3.63) is 76.0 Å². The van der Waals surface area contributed by atoms with Gasteiger partial charge in [0.2, 0.25) is 10.0 Å². The largest absolute Gasteiger partial charge is 0.497 e. The van der Waals surface area contributed by atoms with Gasteiger partial charge in [-0.1, -0.05) is 12.1 Å². The number of halogens is 1. The van der Waals surface area contributed by atoms with Crippen LogP contribution in [0.15, 0.2) is 59.2 Å². The van der Waals surface area contributed by atoms with Crippen molar-refractivity contribution in [2.75, 3.05) is 28.4 Å². The highest BCUT2D eigenvalue weighted by molar-refractivity contribution is 9.10. The van der Waals surface area contributed by atoms with Crippen LogP contribution in [-0.4, -0.2) is 56.5 Å². The Morgan fingerprint density at radius 2 is 1.38 bits per heavy atom. The lowest BCUT2D eigenvalue weighted by atomic mass is 10.1. The maximum atomic E-state index is 14.0. The van der Waals surface area contributed by atoms with E-state index in [1.165, 1.54) is 31.6 Å². The number of hydrogen-bond acceptors (Lipinski definition) is 8. The minimum Gasteiger partial charge on any atom is -0.497 e. The quantitative estimate of drug-likeness (QED) is 0.330. The van der Waals surface area contributed by atoms with E-state index >= 15 is 0 Å². The van der Waals surface area contributed by atoms with Gasteiger partial charge in [0.1, 0.15) is 34.4 Å². The number of aliphatic hydroxyl groups is 1. The molecule has 0 bridgehead atoms. The molecule has 1 heterocycles. The summed E-state index contributed by atoms with van der Waals surface area (Å²) in [5.74, 6) is 2.11. The summed E-state index contributed by atoms with van der Waals surface area (Å²) in [6.07, 6.45) is 0.163. The highest BCUT2D eigenvalue weighted by Crippen LogP contribution is 2.33. The first-order chi connectivity index (χ1) is 17.6. The van der Waals surface area contributed by atoms with Gasteiger partial charge in [-0.05, 0) is 47.1 Å². The van der Waals surface area contributed by atoms with E-state index in [1.54, 1.807) is 62.8 Å². The predicted molar refractivity (Wildman–Crippen MR) is 144 cm³/mol. The molecule has 0 spiro atoms. The third-order valence-electron chi connectivity index (χ3n) is 6.01. The monoisotopic (exact) mass is 594 g/mol. The molecule has 1 N–H and O–H groups in total. The molecule has 2 aromatic carbocycles. The van der Waals surface area contributed by atoms with Gasteiger partial charge in [-0.3, -0.25) is 4.98 Å². The Bertz CT molecular complexity index is 1250. The van der Waals surface area contributed by atoms with Crippen LogP contribution in [0.5, 0.6) is 23.0 Å². The van der Waals surface area contributed by atoms with Gasteiger partial charge in [-0.2, -0.15) is 4.31 Å². The number of aliphatic hydroxyl groups excluding tert-OH is 1. The Kier molecular flexibility index (Phi) is 9.77. The molecule has 200 valence electrons. The molecule has 1 aromatic heterocycles. The van der Waals surface area contributed by atoms with Gasteiger partial charge in [0.05, 0.1) is 34.1 Å². The Balaban J connectivity index is 2.04. The van der Waals surface area contributed by atoms with Crippen LogP contribution in [0.3, 0.4) is 0 Å². The molecule has 0 saturated heterocycles. The van der Waals surface area contributed by atoms with E-state index in [0.717, 1.165) is 4.47 Å². The van der Waals surface area contributed by atoms with Crippen molar-refractivity contribution in [2.45, 2.75) is 31.4 Å². The maximum absolute atomic E-state index is 14.0. The van der Waals surface area contributed by atoms with Crippen molar-refractivity contribution >= 4 is 26.0 Å². The minimum atomic E-state index is -4.08. The smallest absolute Gasteiger partial charge is 0.220 e. The zero-order valence-electron chi connectivity index (χ0n) is 21.3. The molecule has 2 atom stereocenters. The summed E-state index contributed by atoms with van der Waals surface area (Å²) in [5.41, 5.74) is 1.51. The molecule has 37 heavy (non-hydrogen) atoms. The number of nitrogens with zero attached hydrogens (tertiary/aromatic N) is 2. The summed E-state index contributed by atoms with van der Waals surface area (Å²) in [7, 11) is 2.02. The van der Waals surface area contributed by atoms with E-state index in [9.17, 15) is 13.5 Å². The van der Waals surface area contributed by atoms with Gasteiger partial charge in [0, 0.05) is 47.0 Å². The number of aromatic nitrogens is 1. The molecule has 0 aliphatic carbocycles. The number of ether oxygens (including phenoxy) is 4. The summed E-state index contributed by atoms with van der Waals surface area (Å²) >= 11 is 3.30. The van der Waals surface area contributed by atoms with E-state index in [2.05, 4.69) is 20.9 Å². The first-order valence-corrected chi connectivity index (χ1v) is 13.6. The average molecular weight is 596 g/mol. The van der Waals surface area contributed by atoms with Crippen LogP contribution in [0.1, 0.15) is 29.8 Å². The lowest BCUT2D eigenvalue weighted by molar-refractivity contribution is 0.167. The molecule has 0 saturated carbocycles. The standard InChI is InChI=1S/C26H31BrN2O7S/c1-17(26(30)23-11-8-20(27)14-28-23)37(31,32)29(15-18-6-9-21(33-2)12-24(18)35-4)16-19-7-10-22(34-3)13-25(19)36-5/h6-14,17,26,30H,15-16H2,1-5H3/t17-,26+/m1/s1. The Morgan fingerprint density at radius 3 is 1.78 bits per heavy atom. The number of sulfonamides is 1. The second-order valence-corrected chi connectivity index (χ2v) is 11.4. The first-order valence-electron chi connectivity index (χ1n) is 11.3. The molecule has 0 unspecified atom stereocenters. The van der Waals surface area contributed by atoms with Gasteiger partial charge >= 0.3 is 0 Å². The minimum absolute atomic E-state index is 0.0183. The fourth-order valence-electron chi connectivity index (χ4n) is 3.78. The van der Waals surface area contributed by atoms with Gasteiger partial charge < -0.3 is 24.1 Å². The Morgan fingerprint density at radius 1 is 0.865 bits per heavy atom. The topological polar surface area (TPSA) is 107 Å². The lowest BCUT2D eigenvalue weighted by Crippen LogP contribution is -2.39. The number of rotatable bonds is 12. The second-order valence-electron chi connectivity index (χ2n) is 8.22. The predicted octanol–water partition coefficient (Wildman–Crippen LogP) is 4.33. The number of hydrogen-bond donors (Lipinski definition) is 1. The van der Waals surface area contributed by atoms with Crippen molar-refractivity contribution in [3.8, 4) is 23.0 Å². The third kappa shape index (κ3) is 6.72.